The van der Waals surface area contributed by atoms with Gasteiger partial charge in [-0.3, -0.25) is 25.0 Å². The van der Waals surface area contributed by atoms with Crippen LogP contribution in [0.2, 0.25) is 0 Å². The van der Waals surface area contributed by atoms with Gasteiger partial charge in [0.15, 0.2) is 0 Å². The number of nitro benzene ring substituents is 2. The number of rotatable bonds is 5. The molecule has 0 heterocycles. The summed E-state index contributed by atoms with van der Waals surface area (Å²) in [6.45, 7) is 0. The van der Waals surface area contributed by atoms with Crippen LogP contribution in [0.15, 0.2) is 42.5 Å². The summed E-state index contributed by atoms with van der Waals surface area (Å²) in [6.07, 6.45) is 0. The lowest BCUT2D eigenvalue weighted by Crippen LogP contribution is -2.13. The molecular weight excluding hydrogens is 322 g/mol. The molecule has 1 amide bonds. The van der Waals surface area contributed by atoms with Crippen molar-refractivity contribution in [2.75, 3.05) is 5.32 Å². The highest BCUT2D eigenvalue weighted by molar-refractivity contribution is 6.05. The van der Waals surface area contributed by atoms with Crippen LogP contribution in [0.3, 0.4) is 0 Å². The van der Waals surface area contributed by atoms with E-state index >= 15 is 0 Å². The van der Waals surface area contributed by atoms with Gasteiger partial charge >= 0.3 is 17.3 Å². The molecule has 2 rings (SSSR count). The molecule has 0 aromatic heterocycles. The van der Waals surface area contributed by atoms with Gasteiger partial charge in [0.1, 0.15) is 0 Å². The molecule has 0 aliphatic carbocycles. The summed E-state index contributed by atoms with van der Waals surface area (Å²) in [5.74, 6) is -1.95. The first kappa shape index (κ1) is 16.5. The van der Waals surface area contributed by atoms with Crippen LogP contribution in [0.25, 0.3) is 0 Å². The van der Waals surface area contributed by atoms with Gasteiger partial charge in [-0.05, 0) is 24.3 Å². The number of carbonyl (C=O) groups excluding carboxylic acids is 1. The topological polar surface area (TPSA) is 153 Å². The van der Waals surface area contributed by atoms with Gasteiger partial charge in [-0.15, -0.1) is 0 Å². The van der Waals surface area contributed by atoms with Gasteiger partial charge in [0, 0.05) is 23.4 Å². The van der Waals surface area contributed by atoms with Crippen LogP contribution < -0.4 is 5.32 Å². The molecule has 2 N–H and O–H groups in total. The Morgan fingerprint density at radius 2 is 1.58 bits per heavy atom. The van der Waals surface area contributed by atoms with Crippen LogP contribution in [0.5, 0.6) is 0 Å². The van der Waals surface area contributed by atoms with Crippen molar-refractivity contribution in [1.82, 2.24) is 0 Å². The van der Waals surface area contributed by atoms with Gasteiger partial charge in [-0.2, -0.15) is 0 Å². The maximum atomic E-state index is 12.1. The average molecular weight is 331 g/mol. The number of hydrogen-bond acceptors (Lipinski definition) is 6. The summed E-state index contributed by atoms with van der Waals surface area (Å²) in [7, 11) is 0. The van der Waals surface area contributed by atoms with Crippen LogP contribution in [-0.2, 0) is 0 Å². The van der Waals surface area contributed by atoms with E-state index in [1.807, 2.05) is 0 Å². The van der Waals surface area contributed by atoms with Crippen molar-refractivity contribution < 1.29 is 24.5 Å². The van der Waals surface area contributed by atoms with Crippen LogP contribution in [0.4, 0.5) is 17.1 Å². The molecule has 2 aromatic rings. The zero-order valence-corrected chi connectivity index (χ0v) is 11.8. The lowest BCUT2D eigenvalue weighted by atomic mass is 10.1. The van der Waals surface area contributed by atoms with E-state index in [-0.39, 0.29) is 16.8 Å². The summed E-state index contributed by atoms with van der Waals surface area (Å²) in [5.41, 5.74) is -1.60. The predicted octanol–water partition coefficient (Wildman–Crippen LogP) is 2.45. The summed E-state index contributed by atoms with van der Waals surface area (Å²) < 4.78 is 0. The molecule has 0 saturated heterocycles. The third-order valence-corrected chi connectivity index (χ3v) is 3.00. The molecule has 0 fully saturated rings. The Hall–Kier alpha value is -3.82. The number of carboxylic acids is 1. The summed E-state index contributed by atoms with van der Waals surface area (Å²) in [6, 6.07) is 8.10. The van der Waals surface area contributed by atoms with Gasteiger partial charge in [0.2, 0.25) is 0 Å². The minimum absolute atomic E-state index is 0.0533. The van der Waals surface area contributed by atoms with Crippen LogP contribution in [-0.4, -0.2) is 26.8 Å². The number of amides is 1. The lowest BCUT2D eigenvalue weighted by Gasteiger charge is -2.06. The Labute approximate surface area is 133 Å². The van der Waals surface area contributed by atoms with E-state index in [9.17, 15) is 29.8 Å². The van der Waals surface area contributed by atoms with Crippen molar-refractivity contribution in [3.63, 3.8) is 0 Å². The molecule has 10 heteroatoms. The highest BCUT2D eigenvalue weighted by atomic mass is 16.6. The standard InChI is InChI=1S/C14H9N3O7/c18-13(15-10-3-1-2-9(6-10)14(19)20)8-4-5-11(16(21)22)12(7-8)17(23)24/h1-7H,(H,15,18)(H,19,20). The van der Waals surface area contributed by atoms with Crippen molar-refractivity contribution in [2.45, 2.75) is 0 Å². The fourth-order valence-corrected chi connectivity index (χ4v) is 1.90. The van der Waals surface area contributed by atoms with Gasteiger partial charge in [-0.25, -0.2) is 4.79 Å². The summed E-state index contributed by atoms with van der Waals surface area (Å²) in [5, 5.41) is 32.9. The quantitative estimate of drug-likeness (QED) is 0.630. The van der Waals surface area contributed by atoms with E-state index in [4.69, 9.17) is 5.11 Å². The molecule has 122 valence electrons. The van der Waals surface area contributed by atoms with E-state index in [2.05, 4.69) is 5.32 Å². The smallest absolute Gasteiger partial charge is 0.346 e. The third kappa shape index (κ3) is 3.50. The zero-order valence-electron chi connectivity index (χ0n) is 11.8. The SMILES string of the molecule is O=C(O)c1cccc(NC(=O)c2ccc([N+](=O)[O-])c([N+](=O)[O-])c2)c1. The van der Waals surface area contributed by atoms with Crippen molar-refractivity contribution >= 4 is 28.9 Å². The molecule has 0 saturated carbocycles. The largest absolute Gasteiger partial charge is 0.478 e. The first-order chi connectivity index (χ1) is 11.3. The number of carboxylic acid groups (broad SMARTS) is 1. The summed E-state index contributed by atoms with van der Waals surface area (Å²) >= 11 is 0. The molecule has 0 atom stereocenters. The fourth-order valence-electron chi connectivity index (χ4n) is 1.90. The predicted molar refractivity (Wildman–Crippen MR) is 81.1 cm³/mol. The van der Waals surface area contributed by atoms with Crippen molar-refractivity contribution in [1.29, 1.82) is 0 Å². The van der Waals surface area contributed by atoms with Gasteiger partial charge in [0.05, 0.1) is 15.4 Å². The average Bonchev–Trinajstić information content (AvgIpc) is 2.54. The molecule has 10 nitrogen and oxygen atoms in total. The Bertz CT molecular complexity index is 863. The number of anilines is 1. The molecule has 24 heavy (non-hydrogen) atoms. The van der Waals surface area contributed by atoms with Crippen LogP contribution >= 0.6 is 0 Å². The van der Waals surface area contributed by atoms with Crippen molar-refractivity contribution in [3.8, 4) is 0 Å². The second kappa shape index (κ2) is 6.52. The van der Waals surface area contributed by atoms with Crippen molar-refractivity contribution in [3.05, 3.63) is 73.8 Å². The monoisotopic (exact) mass is 331 g/mol. The number of carbonyl (C=O) groups is 2. The summed E-state index contributed by atoms with van der Waals surface area (Å²) in [4.78, 5) is 42.7. The van der Waals surface area contributed by atoms with Gasteiger partial charge in [-0.1, -0.05) is 6.07 Å². The number of nitrogens with zero attached hydrogens (tertiary/aromatic N) is 2. The highest BCUT2D eigenvalue weighted by Gasteiger charge is 2.25. The second-order valence-electron chi connectivity index (χ2n) is 4.56. The van der Waals surface area contributed by atoms with Crippen molar-refractivity contribution in [2.24, 2.45) is 0 Å². The first-order valence-electron chi connectivity index (χ1n) is 6.37. The third-order valence-electron chi connectivity index (χ3n) is 3.00. The number of hydrogen-bond donors (Lipinski definition) is 2. The van der Waals surface area contributed by atoms with E-state index < -0.39 is 33.1 Å². The van der Waals surface area contributed by atoms with Crippen LogP contribution in [0, 0.1) is 20.2 Å². The fraction of sp³-hybridized carbons (Fsp3) is 0. The second-order valence-corrected chi connectivity index (χ2v) is 4.56. The number of aromatic carboxylic acids is 1. The maximum absolute atomic E-state index is 12.1. The lowest BCUT2D eigenvalue weighted by molar-refractivity contribution is -0.422. The van der Waals surface area contributed by atoms with E-state index in [0.29, 0.717) is 0 Å². The number of nitrogens with one attached hydrogen (secondary N) is 1. The normalized spacial score (nSPS) is 10.0. The van der Waals surface area contributed by atoms with Crippen LogP contribution in [0.1, 0.15) is 20.7 Å². The van der Waals surface area contributed by atoms with E-state index in [1.54, 1.807) is 0 Å². The highest BCUT2D eigenvalue weighted by Crippen LogP contribution is 2.27. The molecule has 2 aromatic carbocycles. The number of benzene rings is 2. The molecule has 0 radical (unpaired) electrons. The zero-order chi connectivity index (χ0) is 17.9. The molecule has 0 spiro atoms. The molecule has 0 aliphatic heterocycles. The molecule has 0 bridgehead atoms. The molecular formula is C14H9N3O7. The Morgan fingerprint density at radius 1 is 0.917 bits per heavy atom. The Morgan fingerprint density at radius 3 is 2.17 bits per heavy atom. The Kier molecular flexibility index (Phi) is 4.50. The Balaban J connectivity index is 2.32. The van der Waals surface area contributed by atoms with E-state index in [1.165, 1.54) is 24.3 Å². The maximum Gasteiger partial charge on any atom is 0.346 e. The molecule has 0 unspecified atom stereocenters. The molecule has 0 aliphatic rings. The number of nitro groups is 2. The minimum Gasteiger partial charge on any atom is -0.478 e. The first-order valence-corrected chi connectivity index (χ1v) is 6.37. The minimum atomic E-state index is -1.18. The van der Waals surface area contributed by atoms with Gasteiger partial charge in [0.25, 0.3) is 5.91 Å². The van der Waals surface area contributed by atoms with Gasteiger partial charge < -0.3 is 10.4 Å². The van der Waals surface area contributed by atoms with E-state index in [0.717, 1.165) is 18.2 Å².